The maximum Gasteiger partial charge on any atom is 0.267 e. The van der Waals surface area contributed by atoms with Crippen LogP contribution in [0.2, 0.25) is 0 Å². The summed E-state index contributed by atoms with van der Waals surface area (Å²) < 4.78 is 30.2. The lowest BCUT2D eigenvalue weighted by atomic mass is 9.92. The van der Waals surface area contributed by atoms with Gasteiger partial charge >= 0.3 is 0 Å². The zero-order chi connectivity index (χ0) is 12.5. The van der Waals surface area contributed by atoms with Crippen molar-refractivity contribution in [3.8, 4) is 11.5 Å². The van der Waals surface area contributed by atoms with Gasteiger partial charge in [0, 0.05) is 11.1 Å². The molecule has 0 radical (unpaired) electrons. The van der Waals surface area contributed by atoms with Gasteiger partial charge in [-0.3, -0.25) is 0 Å². The number of hydrogen-bond acceptors (Lipinski definition) is 3. The Balaban J connectivity index is 3.44. The van der Waals surface area contributed by atoms with E-state index in [-0.39, 0.29) is 11.3 Å². The number of halogens is 2. The van der Waals surface area contributed by atoms with Crippen LogP contribution in [0.3, 0.4) is 0 Å². The summed E-state index contributed by atoms with van der Waals surface area (Å²) in [5.41, 5.74) is 4.65. The van der Waals surface area contributed by atoms with Gasteiger partial charge in [-0.05, 0) is 26.0 Å². The van der Waals surface area contributed by atoms with Gasteiger partial charge in [0.25, 0.3) is 6.43 Å². The number of alkyl halides is 2. The summed E-state index contributed by atoms with van der Waals surface area (Å²) in [5, 5.41) is 9.70. The van der Waals surface area contributed by atoms with E-state index in [9.17, 15) is 13.9 Å². The molecule has 16 heavy (non-hydrogen) atoms. The van der Waals surface area contributed by atoms with Crippen LogP contribution in [0.1, 0.15) is 31.4 Å². The smallest absolute Gasteiger partial charge is 0.267 e. The first-order valence-electron chi connectivity index (χ1n) is 4.75. The molecule has 0 aromatic heterocycles. The van der Waals surface area contributed by atoms with E-state index in [1.165, 1.54) is 13.2 Å². The van der Waals surface area contributed by atoms with Crippen molar-refractivity contribution in [2.24, 2.45) is 5.73 Å². The van der Waals surface area contributed by atoms with Crippen molar-refractivity contribution in [2.45, 2.75) is 25.8 Å². The molecule has 0 saturated carbocycles. The fourth-order valence-corrected chi connectivity index (χ4v) is 1.40. The Labute approximate surface area is 92.8 Å². The molecule has 0 heterocycles. The third kappa shape index (κ3) is 2.41. The number of phenolic OH excluding ortho intramolecular Hbond substituents is 1. The third-order valence-electron chi connectivity index (χ3n) is 2.28. The van der Waals surface area contributed by atoms with Crippen LogP contribution in [0.25, 0.3) is 0 Å². The van der Waals surface area contributed by atoms with Crippen LogP contribution in [0.4, 0.5) is 8.78 Å². The third-order valence-corrected chi connectivity index (χ3v) is 2.28. The maximum absolute atomic E-state index is 12.7. The molecule has 0 bridgehead atoms. The summed E-state index contributed by atoms with van der Waals surface area (Å²) in [4.78, 5) is 0. The molecule has 0 atom stereocenters. The number of phenols is 1. The van der Waals surface area contributed by atoms with Gasteiger partial charge in [0.2, 0.25) is 0 Å². The van der Waals surface area contributed by atoms with Gasteiger partial charge in [-0.2, -0.15) is 0 Å². The van der Waals surface area contributed by atoms with E-state index < -0.39 is 23.3 Å². The zero-order valence-corrected chi connectivity index (χ0v) is 9.42. The van der Waals surface area contributed by atoms with Gasteiger partial charge in [-0.1, -0.05) is 0 Å². The molecular weight excluding hydrogens is 216 g/mol. The van der Waals surface area contributed by atoms with Gasteiger partial charge in [0.15, 0.2) is 0 Å². The Bertz CT molecular complexity index is 386. The molecule has 0 aliphatic heterocycles. The summed E-state index contributed by atoms with van der Waals surface area (Å²) in [5.74, 6) is -0.218. The van der Waals surface area contributed by atoms with E-state index in [1.807, 2.05) is 0 Å². The number of ether oxygens (including phenoxy) is 1. The van der Waals surface area contributed by atoms with E-state index in [4.69, 9.17) is 10.5 Å². The number of aromatic hydroxyl groups is 1. The average Bonchev–Trinajstić information content (AvgIpc) is 2.15. The fraction of sp³-hybridized carbons (Fsp3) is 0.455. The average molecular weight is 231 g/mol. The topological polar surface area (TPSA) is 55.5 Å². The van der Waals surface area contributed by atoms with Crippen molar-refractivity contribution >= 4 is 0 Å². The van der Waals surface area contributed by atoms with Crippen LogP contribution in [-0.2, 0) is 5.54 Å². The lowest BCUT2D eigenvalue weighted by Crippen LogP contribution is -2.29. The van der Waals surface area contributed by atoms with Gasteiger partial charge in [-0.25, -0.2) is 8.78 Å². The highest BCUT2D eigenvalue weighted by atomic mass is 19.3. The molecule has 0 aliphatic carbocycles. The Morgan fingerprint density at radius 2 is 1.94 bits per heavy atom. The highest BCUT2D eigenvalue weighted by Gasteiger charge is 2.25. The first-order chi connectivity index (χ1) is 7.27. The summed E-state index contributed by atoms with van der Waals surface area (Å²) >= 11 is 0. The SMILES string of the molecule is COc1cc(C(F)F)c(O)c(C(C)(C)N)c1. The zero-order valence-electron chi connectivity index (χ0n) is 9.42. The summed E-state index contributed by atoms with van der Waals surface area (Å²) in [6.07, 6.45) is -2.77. The van der Waals surface area contributed by atoms with Crippen molar-refractivity contribution < 1.29 is 18.6 Å². The molecule has 3 nitrogen and oxygen atoms in total. The molecule has 0 fully saturated rings. The van der Waals surface area contributed by atoms with Crippen molar-refractivity contribution in [3.63, 3.8) is 0 Å². The molecule has 90 valence electrons. The Kier molecular flexibility index (Phi) is 3.38. The van der Waals surface area contributed by atoms with Crippen LogP contribution < -0.4 is 10.5 Å². The van der Waals surface area contributed by atoms with E-state index in [0.717, 1.165) is 6.07 Å². The van der Waals surface area contributed by atoms with Crippen molar-refractivity contribution in [2.75, 3.05) is 7.11 Å². The van der Waals surface area contributed by atoms with Crippen molar-refractivity contribution in [1.82, 2.24) is 0 Å². The predicted molar refractivity (Wildman–Crippen MR) is 56.8 cm³/mol. The lowest BCUT2D eigenvalue weighted by Gasteiger charge is -2.22. The first kappa shape index (κ1) is 12.7. The second kappa shape index (κ2) is 4.25. The Morgan fingerprint density at radius 3 is 2.31 bits per heavy atom. The van der Waals surface area contributed by atoms with Gasteiger partial charge in [-0.15, -0.1) is 0 Å². The van der Waals surface area contributed by atoms with Gasteiger partial charge in [0.05, 0.1) is 12.7 Å². The Hall–Kier alpha value is -1.36. The summed E-state index contributed by atoms with van der Waals surface area (Å²) in [7, 11) is 1.37. The molecule has 0 amide bonds. The van der Waals surface area contributed by atoms with Crippen LogP contribution in [-0.4, -0.2) is 12.2 Å². The largest absolute Gasteiger partial charge is 0.507 e. The molecule has 1 aromatic carbocycles. The molecule has 3 N–H and O–H groups in total. The number of methoxy groups -OCH3 is 1. The molecule has 5 heteroatoms. The van der Waals surface area contributed by atoms with Gasteiger partial charge in [0.1, 0.15) is 11.5 Å². The van der Waals surface area contributed by atoms with Crippen LogP contribution in [0.5, 0.6) is 11.5 Å². The number of nitrogens with two attached hydrogens (primary N) is 1. The highest BCUT2D eigenvalue weighted by Crippen LogP contribution is 2.38. The predicted octanol–water partition coefficient (Wildman–Crippen LogP) is 2.53. The maximum atomic E-state index is 12.7. The molecule has 1 rings (SSSR count). The van der Waals surface area contributed by atoms with E-state index >= 15 is 0 Å². The molecule has 0 aliphatic rings. The second-order valence-electron chi connectivity index (χ2n) is 4.14. The number of hydrogen-bond donors (Lipinski definition) is 2. The van der Waals surface area contributed by atoms with Crippen LogP contribution >= 0.6 is 0 Å². The van der Waals surface area contributed by atoms with Crippen LogP contribution in [0, 0.1) is 0 Å². The number of benzene rings is 1. The number of rotatable bonds is 3. The van der Waals surface area contributed by atoms with Gasteiger partial charge < -0.3 is 15.6 Å². The molecular formula is C11H15F2NO2. The van der Waals surface area contributed by atoms with E-state index in [0.29, 0.717) is 0 Å². The van der Waals surface area contributed by atoms with Crippen molar-refractivity contribution in [1.29, 1.82) is 0 Å². The Morgan fingerprint density at radius 1 is 1.38 bits per heavy atom. The monoisotopic (exact) mass is 231 g/mol. The minimum absolute atomic E-state index is 0.238. The molecule has 0 saturated heterocycles. The standard InChI is InChI=1S/C11H15F2NO2/c1-11(2,14)8-5-6(16-3)4-7(9(8)15)10(12)13/h4-5,10,15H,14H2,1-3H3. The quantitative estimate of drug-likeness (QED) is 0.840. The van der Waals surface area contributed by atoms with E-state index in [1.54, 1.807) is 13.8 Å². The van der Waals surface area contributed by atoms with Crippen LogP contribution in [0.15, 0.2) is 12.1 Å². The highest BCUT2D eigenvalue weighted by molar-refractivity contribution is 5.49. The molecule has 0 unspecified atom stereocenters. The fourth-order valence-electron chi connectivity index (χ4n) is 1.40. The molecule has 0 spiro atoms. The minimum Gasteiger partial charge on any atom is -0.507 e. The molecule has 1 aromatic rings. The summed E-state index contributed by atoms with van der Waals surface area (Å²) in [6.45, 7) is 3.24. The normalized spacial score (nSPS) is 11.9. The second-order valence-corrected chi connectivity index (χ2v) is 4.14. The summed E-state index contributed by atoms with van der Waals surface area (Å²) in [6, 6.07) is 2.57. The van der Waals surface area contributed by atoms with E-state index in [2.05, 4.69) is 0 Å². The lowest BCUT2D eigenvalue weighted by molar-refractivity contribution is 0.146. The minimum atomic E-state index is -2.77. The first-order valence-corrected chi connectivity index (χ1v) is 4.75. The van der Waals surface area contributed by atoms with Crippen molar-refractivity contribution in [3.05, 3.63) is 23.3 Å².